The molecule has 0 N–H and O–H groups in total. The largest absolute Gasteiger partial charge is 0.465 e. The first kappa shape index (κ1) is 10.1. The zero-order valence-corrected chi connectivity index (χ0v) is 7.67. The number of carbonyl (C=O) groups is 1. The van der Waals surface area contributed by atoms with Crippen molar-refractivity contribution in [3.8, 4) is 6.07 Å². The SMILES string of the molecule is CCOC(=O)[C@@H](C#N)c1ncccn1. The Morgan fingerprint density at radius 1 is 1.64 bits per heavy atom. The van der Waals surface area contributed by atoms with Crippen molar-refractivity contribution in [3.63, 3.8) is 0 Å². The highest BCUT2D eigenvalue weighted by Crippen LogP contribution is 2.10. The average molecular weight is 191 g/mol. The van der Waals surface area contributed by atoms with Gasteiger partial charge in [0.2, 0.25) is 5.92 Å². The second-order valence-corrected chi connectivity index (χ2v) is 2.42. The normalized spacial score (nSPS) is 11.4. The Morgan fingerprint density at radius 3 is 2.79 bits per heavy atom. The van der Waals surface area contributed by atoms with E-state index in [2.05, 4.69) is 9.97 Å². The van der Waals surface area contributed by atoms with Gasteiger partial charge in [0, 0.05) is 12.4 Å². The van der Waals surface area contributed by atoms with Crippen molar-refractivity contribution in [1.29, 1.82) is 5.26 Å². The molecule has 72 valence electrons. The summed E-state index contributed by atoms with van der Waals surface area (Å²) in [7, 11) is 0. The molecular weight excluding hydrogens is 182 g/mol. The highest BCUT2D eigenvalue weighted by atomic mass is 16.5. The molecule has 5 nitrogen and oxygen atoms in total. The van der Waals surface area contributed by atoms with Crippen molar-refractivity contribution in [1.82, 2.24) is 9.97 Å². The molecule has 0 saturated heterocycles. The number of hydrogen-bond donors (Lipinski definition) is 0. The van der Waals surface area contributed by atoms with Gasteiger partial charge in [-0.05, 0) is 13.0 Å². The van der Waals surface area contributed by atoms with Crippen molar-refractivity contribution >= 4 is 5.97 Å². The van der Waals surface area contributed by atoms with E-state index in [0.29, 0.717) is 0 Å². The number of nitriles is 1. The molecule has 0 unspecified atom stereocenters. The molecule has 0 bridgehead atoms. The Hall–Kier alpha value is -1.96. The molecule has 5 heteroatoms. The van der Waals surface area contributed by atoms with E-state index in [4.69, 9.17) is 10.00 Å². The van der Waals surface area contributed by atoms with Gasteiger partial charge in [-0.3, -0.25) is 4.79 Å². The monoisotopic (exact) mass is 191 g/mol. The molecular formula is C9H9N3O2. The van der Waals surface area contributed by atoms with E-state index in [0.717, 1.165) is 0 Å². The molecule has 14 heavy (non-hydrogen) atoms. The molecule has 0 fully saturated rings. The van der Waals surface area contributed by atoms with Gasteiger partial charge in [0.15, 0.2) is 5.82 Å². The molecule has 0 amide bonds. The molecule has 1 aromatic heterocycles. The fraction of sp³-hybridized carbons (Fsp3) is 0.333. The van der Waals surface area contributed by atoms with Crippen LogP contribution in [0.2, 0.25) is 0 Å². The summed E-state index contributed by atoms with van der Waals surface area (Å²) in [5.74, 6) is -1.47. The maximum Gasteiger partial charge on any atom is 0.331 e. The molecule has 1 atom stereocenters. The Morgan fingerprint density at radius 2 is 2.29 bits per heavy atom. The number of nitrogens with zero attached hydrogens (tertiary/aromatic N) is 3. The van der Waals surface area contributed by atoms with Gasteiger partial charge >= 0.3 is 5.97 Å². The summed E-state index contributed by atoms with van der Waals surface area (Å²) in [6.07, 6.45) is 2.96. The highest BCUT2D eigenvalue weighted by Gasteiger charge is 2.23. The van der Waals surface area contributed by atoms with Gasteiger partial charge in [-0.1, -0.05) is 0 Å². The number of esters is 1. The van der Waals surface area contributed by atoms with Crippen LogP contribution in [0, 0.1) is 11.3 Å². The second-order valence-electron chi connectivity index (χ2n) is 2.42. The highest BCUT2D eigenvalue weighted by molar-refractivity contribution is 5.80. The van der Waals surface area contributed by atoms with Crippen LogP contribution in [0.3, 0.4) is 0 Å². The van der Waals surface area contributed by atoms with Crippen LogP contribution in [0.1, 0.15) is 18.7 Å². The lowest BCUT2D eigenvalue weighted by Crippen LogP contribution is -2.16. The number of aromatic nitrogens is 2. The molecule has 1 heterocycles. The van der Waals surface area contributed by atoms with Crippen LogP contribution < -0.4 is 0 Å². The van der Waals surface area contributed by atoms with E-state index < -0.39 is 11.9 Å². The summed E-state index contributed by atoms with van der Waals surface area (Å²) in [6, 6.07) is 3.42. The lowest BCUT2D eigenvalue weighted by atomic mass is 10.1. The van der Waals surface area contributed by atoms with Gasteiger partial charge in [-0.25, -0.2) is 9.97 Å². The Labute approximate surface area is 81.4 Å². The number of hydrogen-bond acceptors (Lipinski definition) is 5. The van der Waals surface area contributed by atoms with Gasteiger partial charge in [0.05, 0.1) is 12.7 Å². The van der Waals surface area contributed by atoms with E-state index in [1.807, 2.05) is 0 Å². The predicted molar refractivity (Wildman–Crippen MR) is 47.0 cm³/mol. The van der Waals surface area contributed by atoms with Gasteiger partial charge in [-0.15, -0.1) is 0 Å². The van der Waals surface area contributed by atoms with Crippen molar-refractivity contribution in [2.45, 2.75) is 12.8 Å². The van der Waals surface area contributed by atoms with Crippen LogP contribution >= 0.6 is 0 Å². The maximum atomic E-state index is 11.3. The zero-order chi connectivity index (χ0) is 10.4. The minimum absolute atomic E-state index is 0.174. The van der Waals surface area contributed by atoms with Crippen LogP contribution in [-0.4, -0.2) is 22.5 Å². The van der Waals surface area contributed by atoms with Crippen LogP contribution in [-0.2, 0) is 9.53 Å². The van der Waals surface area contributed by atoms with E-state index in [-0.39, 0.29) is 12.4 Å². The zero-order valence-electron chi connectivity index (χ0n) is 7.67. The molecule has 0 radical (unpaired) electrons. The molecule has 0 saturated carbocycles. The van der Waals surface area contributed by atoms with E-state index >= 15 is 0 Å². The Bertz CT molecular complexity index is 345. The molecule has 0 spiro atoms. The smallest absolute Gasteiger partial charge is 0.331 e. The van der Waals surface area contributed by atoms with Crippen molar-refractivity contribution in [3.05, 3.63) is 24.3 Å². The van der Waals surface area contributed by atoms with Gasteiger partial charge in [0.25, 0.3) is 0 Å². The first-order valence-corrected chi connectivity index (χ1v) is 4.12. The third kappa shape index (κ3) is 2.26. The predicted octanol–water partition coefficient (Wildman–Crippen LogP) is 0.647. The van der Waals surface area contributed by atoms with E-state index in [1.165, 1.54) is 12.4 Å². The van der Waals surface area contributed by atoms with Gasteiger partial charge < -0.3 is 4.74 Å². The molecule has 0 aromatic carbocycles. The van der Waals surface area contributed by atoms with E-state index in [9.17, 15) is 4.79 Å². The van der Waals surface area contributed by atoms with Crippen LogP contribution in [0.25, 0.3) is 0 Å². The van der Waals surface area contributed by atoms with Gasteiger partial charge in [0.1, 0.15) is 0 Å². The number of rotatable bonds is 3. The van der Waals surface area contributed by atoms with Crippen molar-refractivity contribution in [2.75, 3.05) is 6.61 Å². The summed E-state index contributed by atoms with van der Waals surface area (Å²) < 4.78 is 4.71. The third-order valence-corrected chi connectivity index (χ3v) is 1.50. The third-order valence-electron chi connectivity index (χ3n) is 1.50. The van der Waals surface area contributed by atoms with Crippen molar-refractivity contribution < 1.29 is 9.53 Å². The first-order chi connectivity index (χ1) is 6.79. The number of ether oxygens (including phenoxy) is 1. The molecule has 0 aliphatic heterocycles. The summed E-state index contributed by atoms with van der Waals surface area (Å²) in [4.78, 5) is 18.9. The summed E-state index contributed by atoms with van der Waals surface area (Å²) >= 11 is 0. The summed E-state index contributed by atoms with van der Waals surface area (Å²) in [5.41, 5.74) is 0. The average Bonchev–Trinajstić information content (AvgIpc) is 2.21. The van der Waals surface area contributed by atoms with Crippen LogP contribution in [0.5, 0.6) is 0 Å². The number of carbonyl (C=O) groups excluding carboxylic acids is 1. The molecule has 1 rings (SSSR count). The topological polar surface area (TPSA) is 75.9 Å². The quantitative estimate of drug-likeness (QED) is 0.655. The van der Waals surface area contributed by atoms with Crippen LogP contribution in [0.4, 0.5) is 0 Å². The maximum absolute atomic E-state index is 11.3. The molecule has 0 aliphatic rings. The first-order valence-electron chi connectivity index (χ1n) is 4.12. The van der Waals surface area contributed by atoms with Crippen molar-refractivity contribution in [2.24, 2.45) is 0 Å². The standard InChI is InChI=1S/C9H9N3O2/c1-2-14-9(13)7(6-10)8-11-4-3-5-12-8/h3-5,7H,2H2,1H3/t7-/m0/s1. The summed E-state index contributed by atoms with van der Waals surface area (Å²) in [5, 5.41) is 8.75. The Kier molecular flexibility index (Phi) is 3.56. The summed E-state index contributed by atoms with van der Waals surface area (Å²) in [6.45, 7) is 1.92. The Balaban J connectivity index is 2.84. The molecule has 0 aliphatic carbocycles. The van der Waals surface area contributed by atoms with E-state index in [1.54, 1.807) is 19.1 Å². The lowest BCUT2D eigenvalue weighted by molar-refractivity contribution is -0.143. The minimum atomic E-state index is -1.03. The van der Waals surface area contributed by atoms with Crippen LogP contribution in [0.15, 0.2) is 18.5 Å². The van der Waals surface area contributed by atoms with Gasteiger partial charge in [-0.2, -0.15) is 5.26 Å². The minimum Gasteiger partial charge on any atom is -0.465 e. The fourth-order valence-corrected chi connectivity index (χ4v) is 0.901. The molecule has 1 aromatic rings. The fourth-order valence-electron chi connectivity index (χ4n) is 0.901. The second kappa shape index (κ2) is 4.92. The lowest BCUT2D eigenvalue weighted by Gasteiger charge is -2.05.